The van der Waals surface area contributed by atoms with Gasteiger partial charge in [0, 0.05) is 19.7 Å². The van der Waals surface area contributed by atoms with Gasteiger partial charge in [-0.25, -0.2) is 26.9 Å². The largest absolute Gasteiger partial charge is 0.271 e. The average Bonchev–Trinajstić information content (AvgIpc) is 2.58. The number of hydrogen-bond donors (Lipinski definition) is 1. The van der Waals surface area contributed by atoms with Crippen molar-refractivity contribution in [1.29, 1.82) is 0 Å². The summed E-state index contributed by atoms with van der Waals surface area (Å²) in [6.07, 6.45) is 1.14. The summed E-state index contributed by atoms with van der Waals surface area (Å²) < 4.78 is 51.0. The van der Waals surface area contributed by atoms with E-state index in [1.807, 2.05) is 0 Å². The molecule has 1 N–H and O–H groups in total. The van der Waals surface area contributed by atoms with Crippen molar-refractivity contribution in [3.63, 3.8) is 0 Å². The maximum Gasteiger partial charge on any atom is 0.271 e. The second-order valence-electron chi connectivity index (χ2n) is 5.19. The number of rotatable bonds is 5. The summed E-state index contributed by atoms with van der Waals surface area (Å²) in [5, 5.41) is 3.64. The first kappa shape index (κ1) is 18.7. The first-order valence-electron chi connectivity index (χ1n) is 7.03. The van der Waals surface area contributed by atoms with Crippen molar-refractivity contribution in [2.75, 3.05) is 14.1 Å². The van der Waals surface area contributed by atoms with Gasteiger partial charge in [0.05, 0.1) is 11.1 Å². The summed E-state index contributed by atoms with van der Waals surface area (Å²) in [5.74, 6) is -2.66. The minimum Gasteiger partial charge on any atom is -0.267 e. The Balaban J connectivity index is 2.13. The molecule has 2 aromatic carbocycles. The van der Waals surface area contributed by atoms with E-state index in [9.17, 15) is 22.0 Å². The lowest BCUT2D eigenvalue weighted by atomic mass is 10.2. The van der Waals surface area contributed by atoms with Gasteiger partial charge in [-0.05, 0) is 35.9 Å². The van der Waals surface area contributed by atoms with Crippen LogP contribution in [0.1, 0.15) is 15.9 Å². The highest BCUT2D eigenvalue weighted by Gasteiger charge is 2.18. The van der Waals surface area contributed by atoms with Gasteiger partial charge in [0.2, 0.25) is 10.0 Å². The molecule has 2 aromatic rings. The van der Waals surface area contributed by atoms with Gasteiger partial charge in [0.15, 0.2) is 11.6 Å². The van der Waals surface area contributed by atoms with E-state index >= 15 is 0 Å². The number of carbonyl (C=O) groups is 1. The number of amides is 1. The van der Waals surface area contributed by atoms with E-state index in [1.165, 1.54) is 44.4 Å². The Morgan fingerprint density at radius 2 is 1.84 bits per heavy atom. The molecule has 0 unspecified atom stereocenters. The zero-order valence-electron chi connectivity index (χ0n) is 13.4. The van der Waals surface area contributed by atoms with Crippen LogP contribution in [0, 0.1) is 11.6 Å². The normalized spacial score (nSPS) is 11.9. The van der Waals surface area contributed by atoms with Crippen molar-refractivity contribution in [2.24, 2.45) is 5.10 Å². The summed E-state index contributed by atoms with van der Waals surface area (Å²) in [5.41, 5.74) is 2.54. The SMILES string of the molecule is CN(C)S(=O)(=O)c1cccc(C(=O)N/N=C\c2ccc(F)c(F)c2)c1. The highest BCUT2D eigenvalue weighted by Crippen LogP contribution is 2.14. The molecule has 6 nitrogen and oxygen atoms in total. The molecule has 1 amide bonds. The summed E-state index contributed by atoms with van der Waals surface area (Å²) in [6, 6.07) is 8.61. The minimum atomic E-state index is -3.67. The quantitative estimate of drug-likeness (QED) is 0.648. The van der Waals surface area contributed by atoms with Gasteiger partial charge in [-0.2, -0.15) is 5.10 Å². The van der Waals surface area contributed by atoms with Crippen molar-refractivity contribution >= 4 is 22.1 Å². The first-order chi connectivity index (χ1) is 11.7. The van der Waals surface area contributed by atoms with Crippen LogP contribution in [-0.4, -0.2) is 38.9 Å². The van der Waals surface area contributed by atoms with Gasteiger partial charge in [0.25, 0.3) is 5.91 Å². The molecule has 0 aromatic heterocycles. The molecule has 0 aliphatic carbocycles. The third-order valence-corrected chi connectivity index (χ3v) is 5.01. The summed E-state index contributed by atoms with van der Waals surface area (Å²) in [7, 11) is -0.901. The number of hydrogen-bond acceptors (Lipinski definition) is 4. The fourth-order valence-electron chi connectivity index (χ4n) is 1.83. The summed E-state index contributed by atoms with van der Waals surface area (Å²) in [6.45, 7) is 0. The van der Waals surface area contributed by atoms with E-state index in [-0.39, 0.29) is 16.0 Å². The third-order valence-electron chi connectivity index (χ3n) is 3.20. The van der Waals surface area contributed by atoms with Crippen LogP contribution in [0.5, 0.6) is 0 Å². The number of carbonyl (C=O) groups excluding carboxylic acids is 1. The predicted molar refractivity (Wildman–Crippen MR) is 88.7 cm³/mol. The van der Waals surface area contributed by atoms with Gasteiger partial charge in [-0.1, -0.05) is 12.1 Å². The van der Waals surface area contributed by atoms with E-state index in [2.05, 4.69) is 10.5 Å². The van der Waals surface area contributed by atoms with Crippen molar-refractivity contribution in [1.82, 2.24) is 9.73 Å². The second kappa shape index (κ2) is 7.49. The first-order valence-corrected chi connectivity index (χ1v) is 8.47. The highest BCUT2D eigenvalue weighted by molar-refractivity contribution is 7.89. The van der Waals surface area contributed by atoms with Crippen molar-refractivity contribution in [3.8, 4) is 0 Å². The minimum absolute atomic E-state index is 0.0327. The molecule has 9 heteroatoms. The van der Waals surface area contributed by atoms with E-state index in [1.54, 1.807) is 0 Å². The molecule has 0 bridgehead atoms. The molecular formula is C16H15F2N3O3S. The molecule has 0 heterocycles. The average molecular weight is 367 g/mol. The fraction of sp³-hybridized carbons (Fsp3) is 0.125. The standard InChI is InChI=1S/C16H15F2N3O3S/c1-21(2)25(23,24)13-5-3-4-12(9-13)16(22)20-19-10-11-6-7-14(17)15(18)8-11/h3-10H,1-2H3,(H,20,22)/b19-10-. The molecule has 0 aliphatic rings. The van der Waals surface area contributed by atoms with Crippen LogP contribution < -0.4 is 5.43 Å². The molecule has 25 heavy (non-hydrogen) atoms. The zero-order valence-corrected chi connectivity index (χ0v) is 14.2. The van der Waals surface area contributed by atoms with Crippen LogP contribution in [0.3, 0.4) is 0 Å². The fourth-order valence-corrected chi connectivity index (χ4v) is 2.78. The maximum atomic E-state index is 13.1. The lowest BCUT2D eigenvalue weighted by molar-refractivity contribution is 0.0955. The van der Waals surface area contributed by atoms with Crippen LogP contribution in [0.15, 0.2) is 52.5 Å². The van der Waals surface area contributed by atoms with Crippen molar-refractivity contribution in [3.05, 3.63) is 65.2 Å². The van der Waals surface area contributed by atoms with Gasteiger partial charge >= 0.3 is 0 Å². The number of halogens is 2. The second-order valence-corrected chi connectivity index (χ2v) is 7.34. The molecule has 0 aliphatic heterocycles. The van der Waals surface area contributed by atoms with Gasteiger partial charge < -0.3 is 0 Å². The van der Waals surface area contributed by atoms with Crippen LogP contribution in [0.2, 0.25) is 0 Å². The lowest BCUT2D eigenvalue weighted by Gasteiger charge is -2.11. The molecule has 0 saturated carbocycles. The predicted octanol–water partition coefficient (Wildman–Crippen LogP) is 1.98. The van der Waals surface area contributed by atoms with Crippen LogP contribution in [0.4, 0.5) is 8.78 Å². The Hall–Kier alpha value is -2.65. The third kappa shape index (κ3) is 4.46. The molecule has 0 fully saturated rings. The number of nitrogens with zero attached hydrogens (tertiary/aromatic N) is 2. The molecule has 0 radical (unpaired) electrons. The topological polar surface area (TPSA) is 78.8 Å². The molecule has 132 valence electrons. The number of benzene rings is 2. The van der Waals surface area contributed by atoms with Crippen LogP contribution in [0.25, 0.3) is 0 Å². The zero-order chi connectivity index (χ0) is 18.6. The van der Waals surface area contributed by atoms with Gasteiger partial charge in [-0.3, -0.25) is 4.79 Å². The van der Waals surface area contributed by atoms with Crippen molar-refractivity contribution in [2.45, 2.75) is 4.90 Å². The van der Waals surface area contributed by atoms with Gasteiger partial charge in [0.1, 0.15) is 0 Å². The molecule has 0 spiro atoms. The van der Waals surface area contributed by atoms with E-state index in [4.69, 9.17) is 0 Å². The number of sulfonamides is 1. The van der Waals surface area contributed by atoms with Crippen LogP contribution >= 0.6 is 0 Å². The van der Waals surface area contributed by atoms with Gasteiger partial charge in [-0.15, -0.1) is 0 Å². The Morgan fingerprint density at radius 3 is 2.48 bits per heavy atom. The molecule has 2 rings (SSSR count). The monoisotopic (exact) mass is 367 g/mol. The summed E-state index contributed by atoms with van der Waals surface area (Å²) >= 11 is 0. The van der Waals surface area contributed by atoms with E-state index in [0.717, 1.165) is 22.7 Å². The number of nitrogens with one attached hydrogen (secondary N) is 1. The summed E-state index contributed by atoms with van der Waals surface area (Å²) in [4.78, 5) is 12.0. The maximum absolute atomic E-state index is 13.1. The molecule has 0 atom stereocenters. The van der Waals surface area contributed by atoms with E-state index < -0.39 is 27.6 Å². The Morgan fingerprint density at radius 1 is 1.12 bits per heavy atom. The molecular weight excluding hydrogens is 352 g/mol. The number of hydrazone groups is 1. The van der Waals surface area contributed by atoms with Crippen LogP contribution in [-0.2, 0) is 10.0 Å². The van der Waals surface area contributed by atoms with Crippen molar-refractivity contribution < 1.29 is 22.0 Å². The molecule has 0 saturated heterocycles. The highest BCUT2D eigenvalue weighted by atomic mass is 32.2. The Bertz CT molecular complexity index is 928. The Kier molecular flexibility index (Phi) is 5.60. The lowest BCUT2D eigenvalue weighted by Crippen LogP contribution is -2.23. The smallest absolute Gasteiger partial charge is 0.267 e. The Labute approximate surface area is 143 Å². The van der Waals surface area contributed by atoms with E-state index in [0.29, 0.717) is 0 Å².